The highest BCUT2D eigenvalue weighted by molar-refractivity contribution is 5.88. The summed E-state index contributed by atoms with van der Waals surface area (Å²) in [5.41, 5.74) is -0.350. The fourth-order valence-corrected chi connectivity index (χ4v) is 5.34. The Morgan fingerprint density at radius 3 is 2.77 bits per heavy atom. The number of ether oxygens (including phenoxy) is 2. The summed E-state index contributed by atoms with van der Waals surface area (Å²) in [6, 6.07) is 1.03. The molecule has 4 fully saturated rings. The molecule has 2 bridgehead atoms. The molecule has 0 spiro atoms. The van der Waals surface area contributed by atoms with Gasteiger partial charge in [-0.05, 0) is 25.2 Å². The van der Waals surface area contributed by atoms with E-state index in [1.54, 1.807) is 6.07 Å². The summed E-state index contributed by atoms with van der Waals surface area (Å²) in [7, 11) is 0. The summed E-state index contributed by atoms with van der Waals surface area (Å²) in [5, 5.41) is 16.2. The van der Waals surface area contributed by atoms with Gasteiger partial charge in [-0.3, -0.25) is 15.1 Å². The van der Waals surface area contributed by atoms with E-state index in [1.165, 1.54) is 9.58 Å². The number of halogens is 3. The maximum atomic E-state index is 13.2. The molecule has 4 heterocycles. The lowest BCUT2D eigenvalue weighted by atomic mass is 9.50. The van der Waals surface area contributed by atoms with Crippen LogP contribution in [0.3, 0.4) is 0 Å². The number of nitrogens with one attached hydrogen (secondary N) is 3. The fourth-order valence-electron chi connectivity index (χ4n) is 5.34. The summed E-state index contributed by atoms with van der Waals surface area (Å²) < 4.78 is 52.1. The third-order valence-electron chi connectivity index (χ3n) is 7.28. The van der Waals surface area contributed by atoms with Gasteiger partial charge in [-0.2, -0.15) is 23.4 Å². The number of nitrogens with zero attached hydrogens (tertiary/aromatic N) is 4. The first-order valence-corrected chi connectivity index (χ1v) is 11.5. The third kappa shape index (κ3) is 4.09. The maximum Gasteiger partial charge on any atom is 0.419 e. The van der Waals surface area contributed by atoms with Crippen molar-refractivity contribution in [2.24, 2.45) is 5.92 Å². The zero-order chi connectivity index (χ0) is 24.4. The van der Waals surface area contributed by atoms with Crippen molar-refractivity contribution in [1.82, 2.24) is 30.2 Å². The van der Waals surface area contributed by atoms with Crippen LogP contribution in [0.1, 0.15) is 48.7 Å². The number of urea groups is 1. The number of rotatable bonds is 4. The number of alkyl carbamates (subject to hydrolysis) is 1. The third-order valence-corrected chi connectivity index (χ3v) is 7.28. The molecular weight excluding hydrogens is 471 g/mol. The fraction of sp³-hybridized carbons (Fsp3) is 0.619. The number of H-pyrrole nitrogens is 1. The van der Waals surface area contributed by atoms with E-state index in [0.29, 0.717) is 12.1 Å². The molecule has 3 aliphatic carbocycles. The van der Waals surface area contributed by atoms with Gasteiger partial charge < -0.3 is 19.7 Å². The molecule has 1 saturated heterocycles. The van der Waals surface area contributed by atoms with Crippen LogP contribution >= 0.6 is 0 Å². The molecule has 2 atom stereocenters. The largest absolute Gasteiger partial charge is 0.444 e. The minimum atomic E-state index is -4.54. The van der Waals surface area contributed by atoms with Gasteiger partial charge in [-0.25, -0.2) is 9.59 Å². The molecule has 3 N–H and O–H groups in total. The second-order valence-electron chi connectivity index (χ2n) is 9.75. The number of aromatic nitrogens is 4. The van der Waals surface area contributed by atoms with Gasteiger partial charge >= 0.3 is 18.3 Å². The van der Waals surface area contributed by atoms with Crippen LogP contribution in [0, 0.1) is 5.92 Å². The quantitative estimate of drug-likeness (QED) is 0.599. The smallest absolute Gasteiger partial charge is 0.419 e. The van der Waals surface area contributed by atoms with Crippen LogP contribution in [-0.2, 0) is 28.7 Å². The van der Waals surface area contributed by atoms with Gasteiger partial charge in [0.15, 0.2) is 5.82 Å². The number of anilines is 1. The van der Waals surface area contributed by atoms with Crippen LogP contribution in [-0.4, -0.2) is 61.8 Å². The monoisotopic (exact) mass is 495 g/mol. The highest BCUT2D eigenvalue weighted by atomic mass is 19.4. The molecule has 11 nitrogen and oxygen atoms in total. The summed E-state index contributed by atoms with van der Waals surface area (Å²) >= 11 is 0. The number of aromatic amines is 1. The van der Waals surface area contributed by atoms with Gasteiger partial charge in [0.2, 0.25) is 0 Å². The Hall–Kier alpha value is -3.29. The second-order valence-corrected chi connectivity index (χ2v) is 9.75. The summed E-state index contributed by atoms with van der Waals surface area (Å²) in [5.74, 6) is 0.967. The predicted octanol–water partition coefficient (Wildman–Crippen LogP) is 2.78. The van der Waals surface area contributed by atoms with Crippen LogP contribution in [0.15, 0.2) is 12.3 Å². The summed E-state index contributed by atoms with van der Waals surface area (Å²) in [6.45, 7) is 0.408. The molecule has 7 rings (SSSR count). The molecule has 5 aliphatic rings. The predicted molar refractivity (Wildman–Crippen MR) is 112 cm³/mol. The minimum Gasteiger partial charge on any atom is -0.444 e. The van der Waals surface area contributed by atoms with Crippen molar-refractivity contribution in [1.29, 1.82) is 0 Å². The molecule has 3 amide bonds. The van der Waals surface area contributed by atoms with E-state index in [0.717, 1.165) is 31.4 Å². The van der Waals surface area contributed by atoms with Gasteiger partial charge in [0, 0.05) is 24.6 Å². The SMILES string of the molecule is O=C(NC12CC(C1)C2)O[C@@H]1CO[C@H](c2cc(NC(=O)N3CCn4ncc(C(F)(F)F)c4C3)n[nH]2)C1. The highest BCUT2D eigenvalue weighted by Gasteiger charge is 2.57. The number of hydrogen-bond donors (Lipinski definition) is 3. The van der Waals surface area contributed by atoms with Crippen molar-refractivity contribution in [3.63, 3.8) is 0 Å². The molecule has 2 aromatic heterocycles. The zero-order valence-electron chi connectivity index (χ0n) is 18.6. The second kappa shape index (κ2) is 7.86. The molecule has 188 valence electrons. The summed E-state index contributed by atoms with van der Waals surface area (Å²) in [6.07, 6.45) is -1.44. The van der Waals surface area contributed by atoms with Crippen LogP contribution in [0.5, 0.6) is 0 Å². The lowest BCUT2D eigenvalue weighted by Crippen LogP contribution is -2.68. The van der Waals surface area contributed by atoms with E-state index in [-0.39, 0.29) is 49.4 Å². The standard InChI is InChI=1S/C21H24F3N7O4/c22-21(23,24)13-8-25-31-2-1-30(9-15(13)31)18(32)26-17-4-14(28-29-17)16-3-12(10-34-16)35-19(33)27-20-5-11(6-20)7-20/h4,8,11-12,16H,1-3,5-7,9-10H2,(H,27,33)(H2,26,28,29,32)/t11?,12-,16-,20?/m0/s1. The average molecular weight is 495 g/mol. The van der Waals surface area contributed by atoms with Crippen LogP contribution in [0.2, 0.25) is 0 Å². The average Bonchev–Trinajstić information content (AvgIpc) is 3.48. The number of fused-ring (bicyclic) bond motifs is 1. The molecule has 14 heteroatoms. The number of alkyl halides is 3. The Morgan fingerprint density at radius 1 is 1.26 bits per heavy atom. The van der Waals surface area contributed by atoms with Crippen molar-refractivity contribution in [3.05, 3.63) is 29.2 Å². The Bertz CT molecular complexity index is 1150. The lowest BCUT2D eigenvalue weighted by molar-refractivity contribution is -0.138. The van der Waals surface area contributed by atoms with E-state index in [4.69, 9.17) is 9.47 Å². The zero-order valence-corrected chi connectivity index (χ0v) is 18.6. The number of amides is 3. The van der Waals surface area contributed by atoms with Gasteiger partial charge in [0.25, 0.3) is 0 Å². The van der Waals surface area contributed by atoms with Crippen LogP contribution in [0.25, 0.3) is 0 Å². The van der Waals surface area contributed by atoms with Crippen LogP contribution < -0.4 is 10.6 Å². The molecule has 2 aromatic rings. The van der Waals surface area contributed by atoms with E-state index in [1.807, 2.05) is 0 Å². The van der Waals surface area contributed by atoms with E-state index < -0.39 is 30.0 Å². The topological polar surface area (TPSA) is 126 Å². The molecule has 0 unspecified atom stereocenters. The lowest BCUT2D eigenvalue weighted by Gasteiger charge is -2.61. The van der Waals surface area contributed by atoms with Crippen molar-refractivity contribution in [2.75, 3.05) is 18.5 Å². The molecular formula is C21H24F3N7O4. The van der Waals surface area contributed by atoms with Crippen molar-refractivity contribution in [3.8, 4) is 0 Å². The summed E-state index contributed by atoms with van der Waals surface area (Å²) in [4.78, 5) is 26.1. The van der Waals surface area contributed by atoms with E-state index in [9.17, 15) is 22.8 Å². The van der Waals surface area contributed by atoms with Gasteiger partial charge in [0.05, 0.1) is 42.8 Å². The Kier molecular flexibility index (Phi) is 4.99. The van der Waals surface area contributed by atoms with E-state index in [2.05, 4.69) is 25.9 Å². The van der Waals surface area contributed by atoms with E-state index >= 15 is 0 Å². The van der Waals surface area contributed by atoms with Gasteiger partial charge in [-0.15, -0.1) is 0 Å². The Labute approximate surface area is 197 Å². The van der Waals surface area contributed by atoms with Crippen molar-refractivity contribution in [2.45, 2.75) is 62.7 Å². The van der Waals surface area contributed by atoms with Gasteiger partial charge in [-0.1, -0.05) is 0 Å². The Morgan fingerprint density at radius 2 is 2.06 bits per heavy atom. The number of carbonyl (C=O) groups excluding carboxylic acids is 2. The Balaban J connectivity index is 1.02. The van der Waals surface area contributed by atoms with Crippen molar-refractivity contribution >= 4 is 17.9 Å². The maximum absolute atomic E-state index is 13.2. The normalized spacial score (nSPS) is 29.1. The number of hydrogen-bond acceptors (Lipinski definition) is 6. The first-order valence-electron chi connectivity index (χ1n) is 11.5. The minimum absolute atomic E-state index is 0.0508. The first-order chi connectivity index (χ1) is 16.7. The first kappa shape index (κ1) is 22.2. The molecule has 35 heavy (non-hydrogen) atoms. The molecule has 2 aliphatic heterocycles. The van der Waals surface area contributed by atoms with Crippen LogP contribution in [0.4, 0.5) is 28.6 Å². The molecule has 0 aromatic carbocycles. The van der Waals surface area contributed by atoms with Gasteiger partial charge in [0.1, 0.15) is 12.2 Å². The molecule has 0 radical (unpaired) electrons. The molecule has 3 saturated carbocycles. The highest BCUT2D eigenvalue weighted by Crippen LogP contribution is 2.57. The number of carbonyl (C=O) groups is 2. The van der Waals surface area contributed by atoms with Crippen molar-refractivity contribution < 1.29 is 32.2 Å².